The quantitative estimate of drug-likeness (QED) is 0.317. The number of hydrogen-bond acceptors (Lipinski definition) is 3. The van der Waals surface area contributed by atoms with Crippen LogP contribution in [-0.4, -0.2) is 45.4 Å². The van der Waals surface area contributed by atoms with Gasteiger partial charge in [0.05, 0.1) is 6.54 Å². The monoisotopic (exact) mass is 485 g/mol. The first-order valence-electron chi connectivity index (χ1n) is 9.11. The lowest BCUT2D eigenvalue weighted by atomic mass is 10.1. The van der Waals surface area contributed by atoms with Crippen molar-refractivity contribution in [2.24, 2.45) is 0 Å². The molecule has 1 aliphatic heterocycles. The number of carbonyl (C=O) groups is 2. The van der Waals surface area contributed by atoms with Gasteiger partial charge < -0.3 is 4.57 Å². The molecule has 1 fully saturated rings. The van der Waals surface area contributed by atoms with Crippen LogP contribution in [0.2, 0.25) is 0 Å². The molecular weight excluding hydrogens is 469 g/mol. The molecule has 1 saturated heterocycles. The number of thiocarbonyl (C=S) groups is 1. The van der Waals surface area contributed by atoms with E-state index in [4.69, 9.17) is 12.2 Å². The summed E-state index contributed by atoms with van der Waals surface area (Å²) in [6.07, 6.45) is 3.40. The van der Waals surface area contributed by atoms with Crippen LogP contribution >= 0.6 is 28.1 Å². The van der Waals surface area contributed by atoms with Crippen molar-refractivity contribution in [1.29, 1.82) is 0 Å². The summed E-state index contributed by atoms with van der Waals surface area (Å²) in [5, 5.41) is 0.999. The minimum Gasteiger partial charge on any atom is -0.342 e. The number of halogens is 2. The van der Waals surface area contributed by atoms with Crippen LogP contribution < -0.4 is 0 Å². The van der Waals surface area contributed by atoms with Crippen molar-refractivity contribution in [3.05, 3.63) is 75.7 Å². The van der Waals surface area contributed by atoms with Gasteiger partial charge in [0.2, 0.25) is 0 Å². The first-order valence-corrected chi connectivity index (χ1v) is 10.3. The van der Waals surface area contributed by atoms with Crippen LogP contribution in [0, 0.1) is 5.82 Å². The van der Waals surface area contributed by atoms with E-state index in [9.17, 15) is 14.0 Å². The van der Waals surface area contributed by atoms with Crippen molar-refractivity contribution in [1.82, 2.24) is 14.4 Å². The number of rotatable bonds is 3. The molecule has 0 radical (unpaired) electrons. The molecule has 0 saturated carbocycles. The first kappa shape index (κ1) is 20.4. The molecule has 152 valence electrons. The molecular formula is C22H17BrFN3O2S. The second kappa shape index (κ2) is 7.77. The molecule has 0 atom stereocenters. The van der Waals surface area contributed by atoms with Gasteiger partial charge in [-0.1, -0.05) is 34.1 Å². The highest BCUT2D eigenvalue weighted by Gasteiger charge is 2.35. The number of hydrogen-bond donors (Lipinski definition) is 0. The molecule has 0 bridgehead atoms. The number of likely N-dealkylation sites (N-methyl/N-ethyl adjacent to an activating group) is 2. The normalized spacial score (nSPS) is 14.8. The molecule has 8 heteroatoms. The van der Waals surface area contributed by atoms with E-state index in [1.165, 1.54) is 15.9 Å². The van der Waals surface area contributed by atoms with Crippen molar-refractivity contribution in [3.63, 3.8) is 0 Å². The largest absolute Gasteiger partial charge is 0.342 e. The zero-order chi connectivity index (χ0) is 21.6. The molecule has 2 heterocycles. The minimum atomic E-state index is -0.451. The summed E-state index contributed by atoms with van der Waals surface area (Å²) in [4.78, 5) is 27.9. The lowest BCUT2D eigenvalue weighted by molar-refractivity contribution is -0.132. The molecule has 0 aliphatic carbocycles. The number of benzene rings is 2. The minimum absolute atomic E-state index is 0.0264. The highest BCUT2D eigenvalue weighted by Crippen LogP contribution is 2.29. The molecule has 2 amide bonds. The van der Waals surface area contributed by atoms with Crippen molar-refractivity contribution in [2.75, 3.05) is 14.1 Å². The Morgan fingerprint density at radius 2 is 1.73 bits per heavy atom. The molecule has 4 rings (SSSR count). The van der Waals surface area contributed by atoms with Gasteiger partial charge in [-0.25, -0.2) is 4.39 Å². The van der Waals surface area contributed by atoms with Gasteiger partial charge in [0.15, 0.2) is 5.11 Å². The molecule has 0 unspecified atom stereocenters. The van der Waals surface area contributed by atoms with Crippen LogP contribution in [0.4, 0.5) is 4.39 Å². The summed E-state index contributed by atoms with van der Waals surface area (Å²) in [7, 11) is 3.08. The Bertz CT molecular complexity index is 1220. The maximum Gasteiger partial charge on any atom is 0.265 e. The third kappa shape index (κ3) is 3.46. The highest BCUT2D eigenvalue weighted by molar-refractivity contribution is 9.10. The lowest BCUT2D eigenvalue weighted by Gasteiger charge is -2.31. The number of aromatic nitrogens is 1. The van der Waals surface area contributed by atoms with Crippen LogP contribution in [0.1, 0.15) is 11.1 Å². The Morgan fingerprint density at radius 1 is 1.07 bits per heavy atom. The third-order valence-electron chi connectivity index (χ3n) is 5.12. The van der Waals surface area contributed by atoms with E-state index in [2.05, 4.69) is 15.9 Å². The molecule has 30 heavy (non-hydrogen) atoms. The zero-order valence-corrected chi connectivity index (χ0v) is 18.6. The number of fused-ring (bicyclic) bond motifs is 1. The third-order valence-corrected chi connectivity index (χ3v) is 6.16. The molecule has 5 nitrogen and oxygen atoms in total. The van der Waals surface area contributed by atoms with E-state index < -0.39 is 11.8 Å². The van der Waals surface area contributed by atoms with E-state index in [0.29, 0.717) is 17.7 Å². The SMILES string of the molecule is CN1C(=O)C(=Cc2cn(Cc3ccccc3F)c3ccc(Br)cc23)C(=O)N(C)C1=S. The van der Waals surface area contributed by atoms with Gasteiger partial charge >= 0.3 is 0 Å². The van der Waals surface area contributed by atoms with E-state index in [1.807, 2.05) is 29.0 Å². The number of amides is 2. The van der Waals surface area contributed by atoms with Crippen molar-refractivity contribution < 1.29 is 14.0 Å². The van der Waals surface area contributed by atoms with Crippen LogP contribution in [-0.2, 0) is 16.1 Å². The second-order valence-corrected chi connectivity index (χ2v) is 8.31. The average Bonchev–Trinajstić information content (AvgIpc) is 3.06. The summed E-state index contributed by atoms with van der Waals surface area (Å²) < 4.78 is 17.0. The van der Waals surface area contributed by atoms with Gasteiger partial charge in [-0.15, -0.1) is 0 Å². The lowest BCUT2D eigenvalue weighted by Crippen LogP contribution is -2.52. The predicted octanol–water partition coefficient (Wildman–Crippen LogP) is 4.19. The van der Waals surface area contributed by atoms with Gasteiger partial charge in [-0.05, 0) is 42.6 Å². The summed E-state index contributed by atoms with van der Waals surface area (Å²) in [5.74, 6) is -1.19. The molecule has 3 aromatic rings. The summed E-state index contributed by atoms with van der Waals surface area (Å²) in [6, 6.07) is 12.3. The van der Waals surface area contributed by atoms with E-state index in [1.54, 1.807) is 38.4 Å². The van der Waals surface area contributed by atoms with Gasteiger partial charge in [-0.3, -0.25) is 19.4 Å². The van der Waals surface area contributed by atoms with E-state index in [-0.39, 0.29) is 16.5 Å². The second-order valence-electron chi connectivity index (χ2n) is 7.03. The van der Waals surface area contributed by atoms with Crippen molar-refractivity contribution >= 4 is 62.1 Å². The fourth-order valence-electron chi connectivity index (χ4n) is 3.48. The van der Waals surface area contributed by atoms with E-state index in [0.717, 1.165) is 15.4 Å². The van der Waals surface area contributed by atoms with Crippen LogP contribution in [0.3, 0.4) is 0 Å². The van der Waals surface area contributed by atoms with Crippen LogP contribution in [0.5, 0.6) is 0 Å². The van der Waals surface area contributed by atoms with Crippen LogP contribution in [0.25, 0.3) is 17.0 Å². The number of carbonyl (C=O) groups excluding carboxylic acids is 2. The highest BCUT2D eigenvalue weighted by atomic mass is 79.9. The average molecular weight is 486 g/mol. The van der Waals surface area contributed by atoms with Crippen LogP contribution in [0.15, 0.2) is 58.7 Å². The Balaban J connectivity index is 1.85. The van der Waals surface area contributed by atoms with Gasteiger partial charge in [0.1, 0.15) is 11.4 Å². The summed E-state index contributed by atoms with van der Waals surface area (Å²) >= 11 is 8.62. The maximum atomic E-state index is 14.2. The molecule has 1 aromatic heterocycles. The number of nitrogens with zero attached hydrogens (tertiary/aromatic N) is 3. The van der Waals surface area contributed by atoms with E-state index >= 15 is 0 Å². The molecule has 0 spiro atoms. The van der Waals surface area contributed by atoms with Crippen molar-refractivity contribution in [2.45, 2.75) is 6.54 Å². The van der Waals surface area contributed by atoms with Gasteiger partial charge in [-0.2, -0.15) is 0 Å². The zero-order valence-electron chi connectivity index (χ0n) is 16.2. The Morgan fingerprint density at radius 3 is 2.40 bits per heavy atom. The Hall–Kier alpha value is -2.84. The fraction of sp³-hybridized carbons (Fsp3) is 0.136. The smallest absolute Gasteiger partial charge is 0.265 e. The standard InChI is InChI=1S/C22H17BrFN3O2S/c1-25-20(28)17(21(29)26(2)22(25)30)9-14-12-27(11-13-5-3-4-6-18(13)24)19-8-7-15(23)10-16(14)19/h3-10,12H,11H2,1-2H3. The molecule has 0 N–H and O–H groups in total. The van der Waals surface area contributed by atoms with Gasteiger partial charge in [0.25, 0.3) is 11.8 Å². The predicted molar refractivity (Wildman–Crippen MR) is 121 cm³/mol. The fourth-order valence-corrected chi connectivity index (χ4v) is 4.01. The maximum absolute atomic E-state index is 14.2. The molecule has 1 aliphatic rings. The summed E-state index contributed by atoms with van der Waals surface area (Å²) in [5.41, 5.74) is 2.12. The Kier molecular flexibility index (Phi) is 5.29. The summed E-state index contributed by atoms with van der Waals surface area (Å²) in [6.45, 7) is 0.319. The Labute approximate surface area is 186 Å². The molecule has 2 aromatic carbocycles. The van der Waals surface area contributed by atoms with Crippen molar-refractivity contribution in [3.8, 4) is 0 Å². The van der Waals surface area contributed by atoms with Gasteiger partial charge in [0, 0.05) is 46.8 Å². The topological polar surface area (TPSA) is 45.6 Å². The first-order chi connectivity index (χ1) is 14.3.